The summed E-state index contributed by atoms with van der Waals surface area (Å²) in [6, 6.07) is 10.5. The molecule has 0 radical (unpaired) electrons. The van der Waals surface area contributed by atoms with Crippen molar-refractivity contribution in [2.24, 2.45) is 11.3 Å². The average Bonchev–Trinajstić information content (AvgIpc) is 2.95. The van der Waals surface area contributed by atoms with Crippen LogP contribution in [0.25, 0.3) is 0 Å². The molecule has 0 spiro atoms. The second kappa shape index (κ2) is 9.29. The maximum absolute atomic E-state index is 13.9. The topological polar surface area (TPSA) is 77.1 Å². The van der Waals surface area contributed by atoms with Crippen molar-refractivity contribution >= 4 is 23.1 Å². The number of nitrogens with one attached hydrogen (secondary N) is 1. The molecule has 0 unspecified atom stereocenters. The summed E-state index contributed by atoms with van der Waals surface area (Å²) in [7, 11) is 4.70. The van der Waals surface area contributed by atoms with E-state index in [0.29, 0.717) is 46.9 Å². The lowest BCUT2D eigenvalue weighted by Crippen LogP contribution is -2.41. The van der Waals surface area contributed by atoms with Gasteiger partial charge in [-0.05, 0) is 30.0 Å². The van der Waals surface area contributed by atoms with Gasteiger partial charge in [0.1, 0.15) is 5.75 Å². The largest absolute Gasteiger partial charge is 0.496 e. The first-order valence-electron chi connectivity index (χ1n) is 11.9. The van der Waals surface area contributed by atoms with Crippen molar-refractivity contribution in [3.05, 3.63) is 53.2 Å². The number of ketones is 1. The summed E-state index contributed by atoms with van der Waals surface area (Å²) in [6.07, 6.45) is 1.07. The number of hydrogen-bond acceptors (Lipinski definition) is 6. The van der Waals surface area contributed by atoms with E-state index in [1.54, 1.807) is 32.3 Å². The SMILES string of the molecule is COc1cc(OC)c([C@H]2C3=C(CC(C)(C)CC3=O)Nc3ccccc3N2C(=O)C(C)C)cc1OC. The molecule has 2 aromatic carbocycles. The predicted octanol–water partition coefficient (Wildman–Crippen LogP) is 5.51. The van der Waals surface area contributed by atoms with Gasteiger partial charge in [-0.15, -0.1) is 0 Å². The quantitative estimate of drug-likeness (QED) is 0.611. The maximum Gasteiger partial charge on any atom is 0.230 e. The molecule has 186 valence electrons. The highest BCUT2D eigenvalue weighted by Gasteiger charge is 2.44. The van der Waals surface area contributed by atoms with Crippen LogP contribution in [0.4, 0.5) is 11.4 Å². The molecule has 35 heavy (non-hydrogen) atoms. The zero-order chi connectivity index (χ0) is 25.5. The van der Waals surface area contributed by atoms with Crippen molar-refractivity contribution in [2.45, 2.75) is 46.6 Å². The van der Waals surface area contributed by atoms with Crippen molar-refractivity contribution in [2.75, 3.05) is 31.5 Å². The summed E-state index contributed by atoms with van der Waals surface area (Å²) < 4.78 is 16.9. The van der Waals surface area contributed by atoms with Crippen LogP contribution in [0.1, 0.15) is 52.1 Å². The van der Waals surface area contributed by atoms with Gasteiger partial charge in [0.2, 0.25) is 5.91 Å². The summed E-state index contributed by atoms with van der Waals surface area (Å²) >= 11 is 0. The Balaban J connectivity index is 2.09. The minimum atomic E-state index is -0.700. The Labute approximate surface area is 207 Å². The number of allylic oxidation sites excluding steroid dienone is 1. The lowest BCUT2D eigenvalue weighted by atomic mass is 9.73. The second-order valence-corrected chi connectivity index (χ2v) is 10.2. The molecule has 1 N–H and O–H groups in total. The molecule has 1 heterocycles. The number of carbonyl (C=O) groups is 2. The monoisotopic (exact) mass is 478 g/mol. The minimum Gasteiger partial charge on any atom is -0.496 e. The highest BCUT2D eigenvalue weighted by molar-refractivity contribution is 6.07. The van der Waals surface area contributed by atoms with Crippen LogP contribution in [0, 0.1) is 11.3 Å². The number of Topliss-reactive ketones (excluding diaryl/α,β-unsaturated/α-hetero) is 1. The number of amides is 1. The van der Waals surface area contributed by atoms with Gasteiger partial charge >= 0.3 is 0 Å². The van der Waals surface area contributed by atoms with Crippen LogP contribution in [0.2, 0.25) is 0 Å². The summed E-state index contributed by atoms with van der Waals surface area (Å²) in [5, 5.41) is 3.53. The van der Waals surface area contributed by atoms with Crippen molar-refractivity contribution in [1.29, 1.82) is 0 Å². The first kappa shape index (κ1) is 24.6. The van der Waals surface area contributed by atoms with E-state index in [1.807, 2.05) is 44.2 Å². The van der Waals surface area contributed by atoms with Gasteiger partial charge in [-0.1, -0.05) is 39.8 Å². The number of hydrogen-bond donors (Lipinski definition) is 1. The van der Waals surface area contributed by atoms with E-state index < -0.39 is 6.04 Å². The molecule has 7 heteroatoms. The lowest BCUT2D eigenvalue weighted by Gasteiger charge is -2.38. The molecule has 4 rings (SSSR count). The predicted molar refractivity (Wildman–Crippen MR) is 136 cm³/mol. The molecule has 2 aromatic rings. The normalized spacial score (nSPS) is 18.9. The molecule has 1 amide bonds. The first-order chi connectivity index (χ1) is 16.6. The van der Waals surface area contributed by atoms with Gasteiger partial charge in [0, 0.05) is 35.2 Å². The van der Waals surface area contributed by atoms with E-state index in [2.05, 4.69) is 19.2 Å². The van der Waals surface area contributed by atoms with Crippen molar-refractivity contribution in [3.8, 4) is 17.2 Å². The van der Waals surface area contributed by atoms with E-state index in [9.17, 15) is 9.59 Å². The number of benzene rings is 2. The number of methoxy groups -OCH3 is 3. The molecule has 0 saturated carbocycles. The molecule has 1 aliphatic heterocycles. The smallest absolute Gasteiger partial charge is 0.230 e. The third-order valence-electron chi connectivity index (χ3n) is 6.66. The Morgan fingerprint density at radius 3 is 2.26 bits per heavy atom. The average molecular weight is 479 g/mol. The van der Waals surface area contributed by atoms with Crippen molar-refractivity contribution in [3.63, 3.8) is 0 Å². The van der Waals surface area contributed by atoms with E-state index >= 15 is 0 Å². The molecular formula is C28H34N2O5. The van der Waals surface area contributed by atoms with Gasteiger partial charge in [0.15, 0.2) is 17.3 Å². The summed E-state index contributed by atoms with van der Waals surface area (Å²) in [5.74, 6) is 1.14. The van der Waals surface area contributed by atoms with Crippen LogP contribution in [-0.2, 0) is 9.59 Å². The highest BCUT2D eigenvalue weighted by atomic mass is 16.5. The van der Waals surface area contributed by atoms with Crippen LogP contribution in [0.15, 0.2) is 47.7 Å². The van der Waals surface area contributed by atoms with E-state index in [1.165, 1.54) is 0 Å². The number of para-hydroxylation sites is 2. The van der Waals surface area contributed by atoms with E-state index in [-0.39, 0.29) is 23.0 Å². The Morgan fingerprint density at radius 1 is 1.00 bits per heavy atom. The highest BCUT2D eigenvalue weighted by Crippen LogP contribution is 2.51. The third-order valence-corrected chi connectivity index (χ3v) is 6.66. The number of carbonyl (C=O) groups excluding carboxylic acids is 2. The summed E-state index contributed by atoms with van der Waals surface area (Å²) in [4.78, 5) is 29.4. The summed E-state index contributed by atoms with van der Waals surface area (Å²) in [5.41, 5.74) is 3.38. The maximum atomic E-state index is 13.9. The third kappa shape index (κ3) is 4.35. The number of anilines is 2. The fraction of sp³-hybridized carbons (Fsp3) is 0.429. The molecule has 2 aliphatic rings. The van der Waals surface area contributed by atoms with Gasteiger partial charge < -0.3 is 19.5 Å². The van der Waals surface area contributed by atoms with Crippen LogP contribution < -0.4 is 24.4 Å². The van der Waals surface area contributed by atoms with Gasteiger partial charge in [0.05, 0.1) is 38.7 Å². The Morgan fingerprint density at radius 2 is 1.63 bits per heavy atom. The van der Waals surface area contributed by atoms with Crippen LogP contribution in [0.3, 0.4) is 0 Å². The van der Waals surface area contributed by atoms with Gasteiger partial charge in [-0.25, -0.2) is 0 Å². The zero-order valence-corrected chi connectivity index (χ0v) is 21.5. The Hall–Kier alpha value is -3.48. The molecule has 0 aromatic heterocycles. The van der Waals surface area contributed by atoms with Crippen molar-refractivity contribution in [1.82, 2.24) is 0 Å². The second-order valence-electron chi connectivity index (χ2n) is 10.2. The van der Waals surface area contributed by atoms with E-state index in [4.69, 9.17) is 14.2 Å². The number of nitrogens with zero attached hydrogens (tertiary/aromatic N) is 1. The zero-order valence-electron chi connectivity index (χ0n) is 21.5. The molecule has 0 fully saturated rings. The molecular weight excluding hydrogens is 444 g/mol. The van der Waals surface area contributed by atoms with Gasteiger partial charge in [-0.2, -0.15) is 0 Å². The standard InChI is InChI=1S/C28H34N2O5/c1-16(2)27(32)30-20-11-9-8-10-18(20)29-19-14-28(3,4)15-21(31)25(19)26(30)17-12-23(34-6)24(35-7)13-22(17)33-5/h8-13,16,26,29H,14-15H2,1-7H3/t26-/m0/s1. The minimum absolute atomic E-state index is 0.0138. The molecule has 0 bridgehead atoms. The first-order valence-corrected chi connectivity index (χ1v) is 11.9. The van der Waals surface area contributed by atoms with Crippen LogP contribution >= 0.6 is 0 Å². The van der Waals surface area contributed by atoms with Crippen LogP contribution in [0.5, 0.6) is 17.2 Å². The molecule has 7 nitrogen and oxygen atoms in total. The molecule has 1 atom stereocenters. The molecule has 1 aliphatic carbocycles. The van der Waals surface area contributed by atoms with Crippen molar-refractivity contribution < 1.29 is 23.8 Å². The fourth-order valence-corrected chi connectivity index (χ4v) is 5.07. The van der Waals surface area contributed by atoms with Gasteiger partial charge in [0.25, 0.3) is 0 Å². The number of rotatable bonds is 5. The van der Waals surface area contributed by atoms with Gasteiger partial charge in [-0.3, -0.25) is 14.5 Å². The number of fused-ring (bicyclic) bond motifs is 1. The van der Waals surface area contributed by atoms with E-state index in [0.717, 1.165) is 11.4 Å². The Bertz CT molecular complexity index is 1200. The Kier molecular flexibility index (Phi) is 6.54. The summed E-state index contributed by atoms with van der Waals surface area (Å²) in [6.45, 7) is 7.92. The van der Waals surface area contributed by atoms with Crippen LogP contribution in [-0.4, -0.2) is 33.0 Å². The lowest BCUT2D eigenvalue weighted by molar-refractivity contribution is -0.122. The number of ether oxygens (including phenoxy) is 3. The molecule has 0 saturated heterocycles. The fourth-order valence-electron chi connectivity index (χ4n) is 5.07.